The maximum atomic E-state index is 11.7. The molecule has 0 heterocycles. The molecule has 0 saturated heterocycles. The summed E-state index contributed by atoms with van der Waals surface area (Å²) < 4.78 is 10.5. The van der Waals surface area contributed by atoms with Gasteiger partial charge in [-0.1, -0.05) is 12.1 Å². The van der Waals surface area contributed by atoms with Crippen LogP contribution < -0.4 is 14.8 Å². The highest BCUT2D eigenvalue weighted by molar-refractivity contribution is 5.77. The highest BCUT2D eigenvalue weighted by Gasteiger charge is 2.03. The number of aldehydes is 1. The minimum atomic E-state index is -0.182. The van der Waals surface area contributed by atoms with E-state index in [1.165, 1.54) is 0 Å². The number of hydrogen-bond acceptors (Lipinski definition) is 4. The van der Waals surface area contributed by atoms with E-state index in [0.29, 0.717) is 17.9 Å². The van der Waals surface area contributed by atoms with Gasteiger partial charge >= 0.3 is 0 Å². The Hall–Kier alpha value is -2.82. The first-order valence-electron chi connectivity index (χ1n) is 7.29. The van der Waals surface area contributed by atoms with Crippen LogP contribution in [0.2, 0.25) is 0 Å². The van der Waals surface area contributed by atoms with Gasteiger partial charge in [-0.05, 0) is 48.4 Å². The number of carbonyl (C=O) groups is 2. The van der Waals surface area contributed by atoms with Crippen molar-refractivity contribution in [3.8, 4) is 11.5 Å². The lowest BCUT2D eigenvalue weighted by molar-refractivity contribution is -0.123. The Morgan fingerprint density at radius 1 is 1.04 bits per heavy atom. The van der Waals surface area contributed by atoms with Crippen LogP contribution >= 0.6 is 0 Å². The van der Waals surface area contributed by atoms with Crippen molar-refractivity contribution in [2.75, 3.05) is 20.3 Å². The highest BCUT2D eigenvalue weighted by atomic mass is 16.5. The van der Waals surface area contributed by atoms with Crippen LogP contribution in [-0.2, 0) is 11.2 Å². The van der Waals surface area contributed by atoms with Crippen LogP contribution in [0.5, 0.6) is 11.5 Å². The molecule has 23 heavy (non-hydrogen) atoms. The monoisotopic (exact) mass is 313 g/mol. The van der Waals surface area contributed by atoms with E-state index in [-0.39, 0.29) is 12.5 Å². The summed E-state index contributed by atoms with van der Waals surface area (Å²) in [6.45, 7) is 0.488. The zero-order valence-corrected chi connectivity index (χ0v) is 13.0. The molecule has 0 aliphatic rings. The van der Waals surface area contributed by atoms with E-state index in [1.807, 2.05) is 24.3 Å². The highest BCUT2D eigenvalue weighted by Crippen LogP contribution is 2.12. The second kappa shape index (κ2) is 8.58. The van der Waals surface area contributed by atoms with Gasteiger partial charge < -0.3 is 14.8 Å². The van der Waals surface area contributed by atoms with Crippen molar-refractivity contribution in [1.29, 1.82) is 0 Å². The SMILES string of the molecule is COc1ccc(CCNC(=O)COc2ccc(C=O)cc2)cc1. The smallest absolute Gasteiger partial charge is 0.257 e. The van der Waals surface area contributed by atoms with E-state index >= 15 is 0 Å². The molecule has 5 nitrogen and oxygen atoms in total. The van der Waals surface area contributed by atoms with Gasteiger partial charge in [0, 0.05) is 12.1 Å². The first kappa shape index (κ1) is 16.5. The summed E-state index contributed by atoms with van der Waals surface area (Å²) in [5.41, 5.74) is 1.69. The van der Waals surface area contributed by atoms with E-state index in [2.05, 4.69) is 5.32 Å². The fourth-order valence-electron chi connectivity index (χ4n) is 1.98. The van der Waals surface area contributed by atoms with Crippen LogP contribution in [0.1, 0.15) is 15.9 Å². The molecular formula is C18H19NO4. The zero-order valence-electron chi connectivity index (χ0n) is 13.0. The van der Waals surface area contributed by atoms with Crippen molar-refractivity contribution in [3.63, 3.8) is 0 Å². The van der Waals surface area contributed by atoms with Crippen LogP contribution in [0.15, 0.2) is 48.5 Å². The van der Waals surface area contributed by atoms with Crippen LogP contribution in [0.25, 0.3) is 0 Å². The van der Waals surface area contributed by atoms with Crippen LogP contribution in [0, 0.1) is 0 Å². The van der Waals surface area contributed by atoms with Gasteiger partial charge in [-0.15, -0.1) is 0 Å². The normalized spacial score (nSPS) is 9.96. The zero-order chi connectivity index (χ0) is 16.5. The fraction of sp³-hybridized carbons (Fsp3) is 0.222. The lowest BCUT2D eigenvalue weighted by Gasteiger charge is -2.08. The molecule has 0 aromatic heterocycles. The number of amides is 1. The van der Waals surface area contributed by atoms with Crippen LogP contribution in [0.3, 0.4) is 0 Å². The van der Waals surface area contributed by atoms with E-state index in [1.54, 1.807) is 31.4 Å². The summed E-state index contributed by atoms with van der Waals surface area (Å²) in [4.78, 5) is 22.3. The minimum absolute atomic E-state index is 0.0525. The van der Waals surface area contributed by atoms with Gasteiger partial charge in [0.1, 0.15) is 17.8 Å². The van der Waals surface area contributed by atoms with Crippen molar-refractivity contribution < 1.29 is 19.1 Å². The number of ether oxygens (including phenoxy) is 2. The largest absolute Gasteiger partial charge is 0.497 e. The Labute approximate surface area is 135 Å². The first-order valence-corrected chi connectivity index (χ1v) is 7.29. The molecule has 1 N–H and O–H groups in total. The number of hydrogen-bond donors (Lipinski definition) is 1. The Bertz CT molecular complexity index is 635. The van der Waals surface area contributed by atoms with Gasteiger partial charge in [0.05, 0.1) is 7.11 Å². The summed E-state index contributed by atoms with van der Waals surface area (Å²) in [5, 5.41) is 2.80. The van der Waals surface area contributed by atoms with Gasteiger partial charge in [-0.3, -0.25) is 9.59 Å². The third-order valence-corrected chi connectivity index (χ3v) is 3.28. The summed E-state index contributed by atoms with van der Waals surface area (Å²) in [5.74, 6) is 1.19. The average Bonchev–Trinajstić information content (AvgIpc) is 2.61. The van der Waals surface area contributed by atoms with Crippen molar-refractivity contribution >= 4 is 12.2 Å². The molecular weight excluding hydrogens is 294 g/mol. The second-order valence-corrected chi connectivity index (χ2v) is 4.92. The molecule has 0 saturated carbocycles. The topological polar surface area (TPSA) is 64.6 Å². The lowest BCUT2D eigenvalue weighted by Crippen LogP contribution is -2.30. The van der Waals surface area contributed by atoms with Crippen molar-refractivity contribution in [2.24, 2.45) is 0 Å². The molecule has 2 aromatic rings. The Kier molecular flexibility index (Phi) is 6.17. The van der Waals surface area contributed by atoms with Crippen molar-refractivity contribution in [1.82, 2.24) is 5.32 Å². The number of benzene rings is 2. The van der Waals surface area contributed by atoms with Crippen molar-refractivity contribution in [2.45, 2.75) is 6.42 Å². The molecule has 0 radical (unpaired) electrons. The standard InChI is InChI=1S/C18H19NO4/c1-22-16-6-2-14(3-7-16)10-11-19-18(21)13-23-17-8-4-15(12-20)5-9-17/h2-9,12H,10-11,13H2,1H3,(H,19,21). The summed E-state index contributed by atoms with van der Waals surface area (Å²) in [6, 6.07) is 14.3. The third-order valence-electron chi connectivity index (χ3n) is 3.28. The summed E-state index contributed by atoms with van der Waals surface area (Å²) >= 11 is 0. The van der Waals surface area contributed by atoms with E-state index < -0.39 is 0 Å². The molecule has 0 bridgehead atoms. The van der Waals surface area contributed by atoms with Gasteiger partial charge in [-0.2, -0.15) is 0 Å². The second-order valence-electron chi connectivity index (χ2n) is 4.92. The Morgan fingerprint density at radius 2 is 1.70 bits per heavy atom. The molecule has 0 atom stereocenters. The molecule has 120 valence electrons. The van der Waals surface area contributed by atoms with Crippen LogP contribution in [0.4, 0.5) is 0 Å². The number of rotatable bonds is 8. The van der Waals surface area contributed by atoms with Gasteiger partial charge in [-0.25, -0.2) is 0 Å². The predicted octanol–water partition coefficient (Wildman–Crippen LogP) is 2.25. The maximum absolute atomic E-state index is 11.7. The minimum Gasteiger partial charge on any atom is -0.497 e. The molecule has 0 unspecified atom stereocenters. The molecule has 0 fully saturated rings. The first-order chi connectivity index (χ1) is 11.2. The third kappa shape index (κ3) is 5.47. The molecule has 5 heteroatoms. The fourth-order valence-corrected chi connectivity index (χ4v) is 1.98. The maximum Gasteiger partial charge on any atom is 0.257 e. The van der Waals surface area contributed by atoms with Gasteiger partial charge in [0.15, 0.2) is 6.61 Å². The molecule has 0 aliphatic carbocycles. The Morgan fingerprint density at radius 3 is 2.30 bits per heavy atom. The average molecular weight is 313 g/mol. The number of carbonyl (C=O) groups excluding carboxylic acids is 2. The molecule has 2 aromatic carbocycles. The lowest BCUT2D eigenvalue weighted by atomic mass is 10.1. The molecule has 2 rings (SSSR count). The van der Waals surface area contributed by atoms with Crippen LogP contribution in [-0.4, -0.2) is 32.5 Å². The predicted molar refractivity (Wildman–Crippen MR) is 87.0 cm³/mol. The van der Waals surface area contributed by atoms with Gasteiger partial charge in [0.2, 0.25) is 0 Å². The molecule has 1 amide bonds. The van der Waals surface area contributed by atoms with E-state index in [4.69, 9.17) is 9.47 Å². The van der Waals surface area contributed by atoms with Crippen molar-refractivity contribution in [3.05, 3.63) is 59.7 Å². The number of methoxy groups -OCH3 is 1. The summed E-state index contributed by atoms with van der Waals surface area (Å²) in [6.07, 6.45) is 1.50. The quantitative estimate of drug-likeness (QED) is 0.759. The van der Waals surface area contributed by atoms with E-state index in [0.717, 1.165) is 24.0 Å². The number of nitrogens with one attached hydrogen (secondary N) is 1. The Balaban J connectivity index is 1.68. The van der Waals surface area contributed by atoms with Gasteiger partial charge in [0.25, 0.3) is 5.91 Å². The van der Waals surface area contributed by atoms with E-state index in [9.17, 15) is 9.59 Å². The molecule has 0 spiro atoms. The summed E-state index contributed by atoms with van der Waals surface area (Å²) in [7, 11) is 1.63. The molecule has 0 aliphatic heterocycles.